The second-order valence-electron chi connectivity index (χ2n) is 27.0. The van der Waals surface area contributed by atoms with Crippen molar-refractivity contribution < 1.29 is 97.8 Å². The molecule has 0 radical (unpaired) electrons. The second-order valence-corrected chi connectivity index (χ2v) is 28.6. The van der Waals surface area contributed by atoms with Crippen LogP contribution >= 0.6 is 0 Å². The van der Waals surface area contributed by atoms with E-state index in [1.54, 1.807) is 98.6 Å². The molecule has 0 aliphatic rings. The van der Waals surface area contributed by atoms with Gasteiger partial charge in [0.05, 0.1) is 104 Å². The number of anilines is 2. The van der Waals surface area contributed by atoms with Gasteiger partial charge in [-0.3, -0.25) is 19.2 Å². The van der Waals surface area contributed by atoms with Crippen LogP contribution in [0.5, 0.6) is 34.5 Å². The predicted molar refractivity (Wildman–Crippen MR) is 460 cm³/mol. The van der Waals surface area contributed by atoms with E-state index in [0.717, 1.165) is 49.3 Å². The number of alkyl halides is 3. The highest BCUT2D eigenvalue weighted by Gasteiger charge is 2.50. The van der Waals surface area contributed by atoms with Crippen LogP contribution < -0.4 is 75.4 Å². The zero-order valence-corrected chi connectivity index (χ0v) is 71.5. The Balaban J connectivity index is 0.000000166. The molecule has 0 saturated heterocycles. The molecule has 128 heavy (non-hydrogen) atoms. The Kier molecular flexibility index (Phi) is 30.9. The van der Waals surface area contributed by atoms with Crippen molar-refractivity contribution in [2.24, 2.45) is 0 Å². The number of aromatic nitrogens is 12. The molecule has 0 amide bonds. The summed E-state index contributed by atoms with van der Waals surface area (Å²) in [4.78, 5) is 146. The fraction of sp³-hybridized carbons (Fsp3) is 0.239. The molecule has 40 heteroatoms. The summed E-state index contributed by atoms with van der Waals surface area (Å²) in [6.45, 7) is 12.0. The molecule has 0 spiro atoms. The maximum atomic E-state index is 13.7. The van der Waals surface area contributed by atoms with Crippen LogP contribution in [0.2, 0.25) is 0 Å². The fourth-order valence-electron chi connectivity index (χ4n) is 12.7. The summed E-state index contributed by atoms with van der Waals surface area (Å²) < 4.78 is 107. The standard InChI is InChI=1S/C27H28N4O6.C24H24N4O4.C19H16F3N3O7S.C18H17N3O5/c1-5-36-27(33)23-24(28-14-19-11-12-20(34-3)13-21(19)35-4)22-17(2)29-16-30-25(22)31(26(23)32)37-15-18-9-7-6-8-10-18;1-16-23-20(25-13-18-9-10-19(30-2)11-21(18)31-3)12-22(29)28(24(23)27-15-26-16)32-14-17-7-5-4-6-8-17;1-3-30-18(27)14-15(32-33(28,29)19(20,21)22)13-11(2)23-10-24-16(13)25(17(14)26)31-9-12-7-5-4-6-8-12;1-3-25-18(24)14-15(22)13-11(2)19-10-20-16(13)21(17(14)23)26-9-12-7-5-4-6-8-12/h6-13,16,28H,5,14-15H2,1-4H3;4-12,15,25H,13-14H2,1-3H3;4-8,10H,3,9H2,1-2H3;4-8,10,22H,3,9H2,1-2H3. The predicted octanol–water partition coefficient (Wildman–Crippen LogP) is 10.6. The van der Waals surface area contributed by atoms with Crippen molar-refractivity contribution in [3.8, 4) is 34.5 Å². The van der Waals surface area contributed by atoms with Gasteiger partial charge in [0.2, 0.25) is 0 Å². The van der Waals surface area contributed by atoms with E-state index in [4.69, 9.17) is 52.5 Å². The molecule has 0 fully saturated rings. The molecule has 0 atom stereocenters. The van der Waals surface area contributed by atoms with Crippen molar-refractivity contribution >= 4 is 83.5 Å². The molecule has 8 heterocycles. The first-order valence-electron chi connectivity index (χ1n) is 39.0. The largest absolute Gasteiger partial charge is 0.534 e. The van der Waals surface area contributed by atoms with Crippen molar-refractivity contribution in [1.82, 2.24) is 58.8 Å². The molecule has 0 aliphatic carbocycles. The Bertz CT molecular complexity index is 6740. The lowest BCUT2D eigenvalue weighted by atomic mass is 10.1. The second kappa shape index (κ2) is 42.5. The van der Waals surface area contributed by atoms with Crippen molar-refractivity contribution in [2.75, 3.05) is 58.9 Å². The van der Waals surface area contributed by atoms with E-state index in [2.05, 4.69) is 54.7 Å². The number of benzene rings is 6. The molecule has 0 unspecified atom stereocenters. The van der Waals surface area contributed by atoms with Crippen molar-refractivity contribution in [3.63, 3.8) is 0 Å². The van der Waals surface area contributed by atoms with E-state index in [1.807, 2.05) is 122 Å². The van der Waals surface area contributed by atoms with E-state index in [-0.39, 0.29) is 92.0 Å². The minimum Gasteiger partial charge on any atom is -0.506 e. The van der Waals surface area contributed by atoms with Gasteiger partial charge in [-0.05, 0) is 95.0 Å². The van der Waals surface area contributed by atoms with Gasteiger partial charge in [0, 0.05) is 42.4 Å². The number of nitrogens with one attached hydrogen (secondary N) is 2. The highest BCUT2D eigenvalue weighted by molar-refractivity contribution is 7.88. The van der Waals surface area contributed by atoms with Crippen LogP contribution in [0, 0.1) is 27.7 Å². The first-order chi connectivity index (χ1) is 61.6. The van der Waals surface area contributed by atoms with Crippen LogP contribution in [-0.4, -0.2) is 144 Å². The molecule has 666 valence electrons. The monoisotopic (exact) mass is 1780 g/mol. The third kappa shape index (κ3) is 21.5. The number of carbonyl (C=O) groups is 3. The molecule has 8 aromatic heterocycles. The summed E-state index contributed by atoms with van der Waals surface area (Å²) >= 11 is 0. The number of fused-ring (bicyclic) bond motifs is 4. The van der Waals surface area contributed by atoms with E-state index in [9.17, 15) is 60.3 Å². The summed E-state index contributed by atoms with van der Waals surface area (Å²) in [5.74, 6) is -2.23. The van der Waals surface area contributed by atoms with Gasteiger partial charge >= 0.3 is 50.2 Å². The van der Waals surface area contributed by atoms with E-state index in [0.29, 0.717) is 73.3 Å². The van der Waals surface area contributed by atoms with Crippen LogP contribution in [0.3, 0.4) is 0 Å². The number of rotatable bonds is 30. The lowest BCUT2D eigenvalue weighted by molar-refractivity contribution is -0.0500. The van der Waals surface area contributed by atoms with Crippen LogP contribution in [0.1, 0.15) is 108 Å². The minimum atomic E-state index is -6.27. The Morgan fingerprint density at radius 3 is 1.16 bits per heavy atom. The number of hydrogen-bond acceptors (Lipinski definition) is 32. The number of carbonyl (C=O) groups excluding carboxylic acids is 3. The molecule has 14 rings (SSSR count). The molecule has 0 bridgehead atoms. The van der Waals surface area contributed by atoms with Crippen LogP contribution in [0.4, 0.5) is 24.5 Å². The number of halogens is 3. The molecule has 0 aliphatic heterocycles. The van der Waals surface area contributed by atoms with Gasteiger partial charge in [0.15, 0.2) is 45.0 Å². The fourth-order valence-corrected chi connectivity index (χ4v) is 13.2. The maximum Gasteiger partial charge on any atom is 0.534 e. The number of esters is 3. The SMILES string of the molecule is CCOC(=O)c1c(NCc2ccc(OC)cc2OC)c2c(C)ncnc2n(OCc2ccccc2)c1=O.CCOC(=O)c1c(O)c2c(C)ncnc2n(OCc2ccccc2)c1=O.CCOC(=O)c1c(OS(=O)(=O)C(F)(F)F)c2c(C)ncnc2n(OCc2ccccc2)c1=O.COc1ccc(CNc2cc(=O)n(OCc3ccccc3)c3ncnc(C)c23)c(OC)c1. The summed E-state index contributed by atoms with van der Waals surface area (Å²) in [7, 11) is 0.0766. The lowest BCUT2D eigenvalue weighted by Gasteiger charge is -2.19. The van der Waals surface area contributed by atoms with Gasteiger partial charge in [-0.15, -0.1) is 18.9 Å². The van der Waals surface area contributed by atoms with Gasteiger partial charge in [0.25, 0.3) is 5.56 Å². The van der Waals surface area contributed by atoms with Crippen LogP contribution in [0.15, 0.2) is 208 Å². The van der Waals surface area contributed by atoms with E-state index < -0.39 is 83.9 Å². The molecule has 6 aromatic carbocycles. The molecule has 36 nitrogen and oxygen atoms in total. The summed E-state index contributed by atoms with van der Waals surface area (Å²) in [6, 6.07) is 49.2. The first-order valence-corrected chi connectivity index (χ1v) is 40.4. The van der Waals surface area contributed by atoms with Gasteiger partial charge < -0.3 is 72.4 Å². The smallest absolute Gasteiger partial charge is 0.506 e. The zero-order chi connectivity index (χ0) is 91.9. The van der Waals surface area contributed by atoms with E-state index in [1.165, 1.54) is 43.6 Å². The first kappa shape index (κ1) is 92.9. The topological polar surface area (TPSA) is 432 Å². The third-order valence-corrected chi connectivity index (χ3v) is 19.8. The number of hydrogen-bond donors (Lipinski definition) is 3. The molecular formula is C88H85F3N14O22S. The maximum absolute atomic E-state index is 13.7. The Morgan fingerprint density at radius 1 is 0.414 bits per heavy atom. The van der Waals surface area contributed by atoms with Crippen LogP contribution in [0.25, 0.3) is 44.1 Å². The van der Waals surface area contributed by atoms with Crippen molar-refractivity contribution in [1.29, 1.82) is 0 Å². The minimum absolute atomic E-state index is 0.0604. The molecular weight excluding hydrogens is 1690 g/mol. The number of methoxy groups -OCH3 is 4. The molecule has 3 N–H and O–H groups in total. The Labute approximate surface area is 726 Å². The van der Waals surface area contributed by atoms with Gasteiger partial charge in [-0.2, -0.15) is 21.6 Å². The third-order valence-electron chi connectivity index (χ3n) is 18.8. The summed E-state index contributed by atoms with van der Waals surface area (Å²) in [5, 5.41) is 17.9. The molecule has 14 aromatic rings. The highest BCUT2D eigenvalue weighted by Crippen LogP contribution is 2.37. The highest BCUT2D eigenvalue weighted by atomic mass is 32.2. The number of ether oxygens (including phenoxy) is 7. The number of aromatic hydroxyl groups is 1. The Hall–Kier alpha value is -15.8. The average Bonchev–Trinajstić information content (AvgIpc) is 0.756. The van der Waals surface area contributed by atoms with Gasteiger partial charge in [-0.1, -0.05) is 121 Å². The van der Waals surface area contributed by atoms with Gasteiger partial charge in [-0.25, -0.2) is 54.3 Å². The van der Waals surface area contributed by atoms with Gasteiger partial charge in [0.1, 0.15) is 80.5 Å². The van der Waals surface area contributed by atoms with E-state index >= 15 is 0 Å². The summed E-state index contributed by atoms with van der Waals surface area (Å²) in [5.41, 5.74) is -3.15. The number of pyridine rings is 4. The average molecular weight is 1780 g/mol. The van der Waals surface area contributed by atoms with Crippen molar-refractivity contribution in [2.45, 2.75) is 93.5 Å². The number of nitrogens with zero attached hydrogens (tertiary/aromatic N) is 12. The van der Waals surface area contributed by atoms with Crippen molar-refractivity contribution in [3.05, 3.63) is 303 Å². The number of aryl methyl sites for hydroxylation is 4. The molecule has 0 saturated carbocycles. The zero-order valence-electron chi connectivity index (χ0n) is 70.7. The quantitative estimate of drug-likeness (QED) is 0.0163. The summed E-state index contributed by atoms with van der Waals surface area (Å²) in [6.07, 6.45) is 5.00. The lowest BCUT2D eigenvalue weighted by Crippen LogP contribution is -2.35. The normalized spacial score (nSPS) is 11.0. The Morgan fingerprint density at radius 2 is 0.758 bits per heavy atom. The van der Waals surface area contributed by atoms with Crippen LogP contribution in [-0.2, 0) is 63.8 Å².